The van der Waals surface area contributed by atoms with Gasteiger partial charge < -0.3 is 10.7 Å². The molecule has 0 aliphatic heterocycles. The van der Waals surface area contributed by atoms with Gasteiger partial charge in [0.25, 0.3) is 0 Å². The summed E-state index contributed by atoms with van der Waals surface area (Å²) < 4.78 is 0. The Bertz CT molecular complexity index is 726. The van der Waals surface area contributed by atoms with Gasteiger partial charge in [-0.1, -0.05) is 24.3 Å². The highest BCUT2D eigenvalue weighted by Gasteiger charge is 2.13. The maximum atomic E-state index is 5.63. The SMILES string of the molecule is Cc1ccc(-c2[nH]c3ccccc3c2CCCCN)nc1. The molecule has 0 spiro atoms. The number of nitrogens with zero attached hydrogens (tertiary/aromatic N) is 1. The molecular formula is C18H21N3. The molecule has 0 saturated heterocycles. The smallest absolute Gasteiger partial charge is 0.0867 e. The van der Waals surface area contributed by atoms with Crippen LogP contribution in [0.2, 0.25) is 0 Å². The fraction of sp³-hybridized carbons (Fsp3) is 0.278. The number of para-hydroxylation sites is 1. The summed E-state index contributed by atoms with van der Waals surface area (Å²) in [4.78, 5) is 8.11. The molecule has 3 rings (SSSR count). The first-order valence-corrected chi connectivity index (χ1v) is 7.52. The maximum Gasteiger partial charge on any atom is 0.0867 e. The summed E-state index contributed by atoms with van der Waals surface area (Å²) in [6, 6.07) is 12.7. The van der Waals surface area contributed by atoms with Crippen LogP contribution >= 0.6 is 0 Å². The van der Waals surface area contributed by atoms with Crippen molar-refractivity contribution in [3.63, 3.8) is 0 Å². The van der Waals surface area contributed by atoms with E-state index in [1.165, 1.54) is 22.0 Å². The largest absolute Gasteiger partial charge is 0.353 e. The number of pyridine rings is 1. The number of nitrogens with two attached hydrogens (primary N) is 1. The molecule has 0 radical (unpaired) electrons. The molecule has 3 aromatic rings. The molecule has 0 saturated carbocycles. The van der Waals surface area contributed by atoms with E-state index in [1.807, 2.05) is 6.20 Å². The lowest BCUT2D eigenvalue weighted by atomic mass is 10.0. The van der Waals surface area contributed by atoms with Gasteiger partial charge in [0.05, 0.1) is 11.4 Å². The van der Waals surface area contributed by atoms with E-state index in [4.69, 9.17) is 5.73 Å². The van der Waals surface area contributed by atoms with Crippen molar-refractivity contribution in [2.45, 2.75) is 26.2 Å². The number of hydrogen-bond donors (Lipinski definition) is 2. The Hall–Kier alpha value is -2.13. The average Bonchev–Trinajstić information content (AvgIpc) is 2.87. The van der Waals surface area contributed by atoms with Gasteiger partial charge in [0.15, 0.2) is 0 Å². The number of aromatic nitrogens is 2. The highest BCUT2D eigenvalue weighted by Crippen LogP contribution is 2.30. The van der Waals surface area contributed by atoms with Crippen LogP contribution in [0.1, 0.15) is 24.0 Å². The Labute approximate surface area is 125 Å². The second kappa shape index (κ2) is 6.10. The minimum absolute atomic E-state index is 0.750. The molecule has 108 valence electrons. The van der Waals surface area contributed by atoms with Crippen LogP contribution in [0.4, 0.5) is 0 Å². The first-order chi connectivity index (χ1) is 10.3. The summed E-state index contributed by atoms with van der Waals surface area (Å²) in [5, 5.41) is 1.30. The summed E-state index contributed by atoms with van der Waals surface area (Å²) in [5.41, 5.74) is 11.5. The monoisotopic (exact) mass is 279 g/mol. The van der Waals surface area contributed by atoms with Gasteiger partial charge in [0.1, 0.15) is 0 Å². The van der Waals surface area contributed by atoms with Crippen LogP contribution in [0.25, 0.3) is 22.3 Å². The number of aryl methyl sites for hydroxylation is 2. The number of benzene rings is 1. The van der Waals surface area contributed by atoms with Crippen LogP contribution < -0.4 is 5.73 Å². The Balaban J connectivity index is 2.07. The lowest BCUT2D eigenvalue weighted by Gasteiger charge is -2.05. The van der Waals surface area contributed by atoms with E-state index in [0.717, 1.165) is 37.2 Å². The lowest BCUT2D eigenvalue weighted by Crippen LogP contribution is -1.99. The van der Waals surface area contributed by atoms with E-state index < -0.39 is 0 Å². The molecule has 3 nitrogen and oxygen atoms in total. The second-order valence-corrected chi connectivity index (χ2v) is 5.49. The third-order valence-electron chi connectivity index (χ3n) is 3.86. The molecule has 0 aliphatic rings. The number of rotatable bonds is 5. The van der Waals surface area contributed by atoms with Gasteiger partial charge in [0.2, 0.25) is 0 Å². The Morgan fingerprint density at radius 2 is 1.95 bits per heavy atom. The summed E-state index contributed by atoms with van der Waals surface area (Å²) >= 11 is 0. The molecule has 0 unspecified atom stereocenters. The van der Waals surface area contributed by atoms with Crippen LogP contribution in [0.3, 0.4) is 0 Å². The van der Waals surface area contributed by atoms with E-state index in [-0.39, 0.29) is 0 Å². The van der Waals surface area contributed by atoms with Crippen molar-refractivity contribution < 1.29 is 0 Å². The zero-order chi connectivity index (χ0) is 14.7. The van der Waals surface area contributed by atoms with Crippen molar-refractivity contribution in [3.05, 3.63) is 53.7 Å². The van der Waals surface area contributed by atoms with E-state index >= 15 is 0 Å². The highest BCUT2D eigenvalue weighted by molar-refractivity contribution is 5.90. The molecule has 0 fully saturated rings. The van der Waals surface area contributed by atoms with Crippen molar-refractivity contribution in [1.82, 2.24) is 9.97 Å². The van der Waals surface area contributed by atoms with Gasteiger partial charge >= 0.3 is 0 Å². The molecule has 3 heteroatoms. The number of aromatic amines is 1. The minimum Gasteiger partial charge on any atom is -0.353 e. The zero-order valence-corrected chi connectivity index (χ0v) is 12.4. The number of unbranched alkanes of at least 4 members (excludes halogenated alkanes) is 1. The Morgan fingerprint density at radius 1 is 1.10 bits per heavy atom. The standard InChI is InChI=1S/C18H21N3/c1-13-9-10-17(20-12-13)18-15(7-4-5-11-19)14-6-2-3-8-16(14)21-18/h2-3,6,8-10,12,21H,4-5,7,11,19H2,1H3. The van der Waals surface area contributed by atoms with Crippen LogP contribution in [0, 0.1) is 6.92 Å². The fourth-order valence-electron chi connectivity index (χ4n) is 2.74. The molecule has 0 bridgehead atoms. The van der Waals surface area contributed by atoms with Gasteiger partial charge in [-0.2, -0.15) is 0 Å². The summed E-state index contributed by atoms with van der Waals surface area (Å²) in [5.74, 6) is 0. The Morgan fingerprint density at radius 3 is 2.71 bits per heavy atom. The minimum atomic E-state index is 0.750. The van der Waals surface area contributed by atoms with E-state index in [0.29, 0.717) is 0 Å². The normalized spacial score (nSPS) is 11.1. The molecule has 2 heterocycles. The van der Waals surface area contributed by atoms with Crippen molar-refractivity contribution in [2.24, 2.45) is 5.73 Å². The predicted octanol–water partition coefficient (Wildman–Crippen LogP) is 3.82. The van der Waals surface area contributed by atoms with Crippen molar-refractivity contribution in [1.29, 1.82) is 0 Å². The first-order valence-electron chi connectivity index (χ1n) is 7.52. The van der Waals surface area contributed by atoms with Gasteiger partial charge in [-0.05, 0) is 56.0 Å². The van der Waals surface area contributed by atoms with E-state index in [1.54, 1.807) is 0 Å². The molecule has 0 aliphatic carbocycles. The number of hydrogen-bond acceptors (Lipinski definition) is 2. The number of nitrogens with one attached hydrogen (secondary N) is 1. The first kappa shape index (κ1) is 13.8. The van der Waals surface area contributed by atoms with Crippen LogP contribution in [0.5, 0.6) is 0 Å². The van der Waals surface area contributed by atoms with Crippen molar-refractivity contribution in [2.75, 3.05) is 6.54 Å². The zero-order valence-electron chi connectivity index (χ0n) is 12.4. The third-order valence-corrected chi connectivity index (χ3v) is 3.86. The molecule has 1 aromatic carbocycles. The predicted molar refractivity (Wildman–Crippen MR) is 88.3 cm³/mol. The highest BCUT2D eigenvalue weighted by atomic mass is 14.8. The van der Waals surface area contributed by atoms with Crippen LogP contribution in [-0.4, -0.2) is 16.5 Å². The summed E-state index contributed by atoms with van der Waals surface area (Å²) in [6.45, 7) is 2.81. The summed E-state index contributed by atoms with van der Waals surface area (Å²) in [7, 11) is 0. The lowest BCUT2D eigenvalue weighted by molar-refractivity contribution is 0.748. The third kappa shape index (κ3) is 2.83. The molecule has 3 N–H and O–H groups in total. The van der Waals surface area contributed by atoms with E-state index in [2.05, 4.69) is 53.3 Å². The molecule has 0 atom stereocenters. The Kier molecular flexibility index (Phi) is 4.02. The maximum absolute atomic E-state index is 5.63. The molecular weight excluding hydrogens is 258 g/mol. The van der Waals surface area contributed by atoms with Gasteiger partial charge in [-0.15, -0.1) is 0 Å². The van der Waals surface area contributed by atoms with Crippen molar-refractivity contribution in [3.8, 4) is 11.4 Å². The van der Waals surface area contributed by atoms with Crippen molar-refractivity contribution >= 4 is 10.9 Å². The fourth-order valence-corrected chi connectivity index (χ4v) is 2.74. The van der Waals surface area contributed by atoms with Crippen LogP contribution in [-0.2, 0) is 6.42 Å². The van der Waals surface area contributed by atoms with Gasteiger partial charge in [-0.3, -0.25) is 4.98 Å². The topological polar surface area (TPSA) is 54.7 Å². The quantitative estimate of drug-likeness (QED) is 0.698. The molecule has 21 heavy (non-hydrogen) atoms. The molecule has 2 aromatic heterocycles. The average molecular weight is 279 g/mol. The van der Waals surface area contributed by atoms with Gasteiger partial charge in [-0.25, -0.2) is 0 Å². The second-order valence-electron chi connectivity index (χ2n) is 5.49. The van der Waals surface area contributed by atoms with Gasteiger partial charge in [0, 0.05) is 17.1 Å². The summed E-state index contributed by atoms with van der Waals surface area (Å²) in [6.07, 6.45) is 5.12. The van der Waals surface area contributed by atoms with E-state index in [9.17, 15) is 0 Å². The molecule has 0 amide bonds. The number of H-pyrrole nitrogens is 1. The van der Waals surface area contributed by atoms with Crippen LogP contribution in [0.15, 0.2) is 42.6 Å². The number of fused-ring (bicyclic) bond motifs is 1.